The third-order valence-corrected chi connectivity index (χ3v) is 4.64. The molecule has 0 N–H and O–H groups in total. The zero-order valence-electron chi connectivity index (χ0n) is 15.9. The highest BCUT2D eigenvalue weighted by Crippen LogP contribution is 2.17. The number of piperazine rings is 1. The summed E-state index contributed by atoms with van der Waals surface area (Å²) in [5.41, 5.74) is 1.82. The molecule has 1 saturated heterocycles. The summed E-state index contributed by atoms with van der Waals surface area (Å²) in [5.74, 6) is -1.53. The van der Waals surface area contributed by atoms with Gasteiger partial charge in [-0.15, -0.1) is 0 Å². The zero-order chi connectivity index (χ0) is 20.3. The lowest BCUT2D eigenvalue weighted by Crippen LogP contribution is -2.51. The van der Waals surface area contributed by atoms with Gasteiger partial charge in [-0.05, 0) is 55.3 Å². The lowest BCUT2D eigenvalue weighted by molar-refractivity contribution is -0.134. The third-order valence-electron chi connectivity index (χ3n) is 4.64. The highest BCUT2D eigenvalue weighted by Gasteiger charge is 2.26. The van der Waals surface area contributed by atoms with Gasteiger partial charge in [0, 0.05) is 26.2 Å². The second kappa shape index (κ2) is 8.37. The molecule has 1 aliphatic heterocycles. The van der Waals surface area contributed by atoms with Crippen molar-refractivity contribution < 1.29 is 23.1 Å². The Balaban J connectivity index is 1.53. The van der Waals surface area contributed by atoms with Crippen LogP contribution in [0.1, 0.15) is 21.5 Å². The lowest BCUT2D eigenvalue weighted by atomic mass is 10.1. The molecule has 0 saturated carbocycles. The van der Waals surface area contributed by atoms with Crippen molar-refractivity contribution in [3.05, 3.63) is 64.7 Å². The molecule has 1 aliphatic rings. The normalized spacial score (nSPS) is 14.1. The molecule has 0 radical (unpaired) electrons. The monoisotopic (exact) mass is 388 g/mol. The third kappa shape index (κ3) is 4.65. The van der Waals surface area contributed by atoms with Gasteiger partial charge in [0.25, 0.3) is 11.8 Å². The van der Waals surface area contributed by atoms with E-state index in [0.717, 1.165) is 29.3 Å². The average molecular weight is 388 g/mol. The summed E-state index contributed by atoms with van der Waals surface area (Å²) in [6.45, 7) is 4.97. The first-order valence-electron chi connectivity index (χ1n) is 9.06. The van der Waals surface area contributed by atoms with E-state index in [9.17, 15) is 18.4 Å². The minimum atomic E-state index is -0.758. The van der Waals surface area contributed by atoms with Crippen molar-refractivity contribution in [2.45, 2.75) is 13.8 Å². The van der Waals surface area contributed by atoms with Crippen LogP contribution in [0, 0.1) is 25.5 Å². The second-order valence-electron chi connectivity index (χ2n) is 6.91. The molecule has 1 fully saturated rings. The molecule has 5 nitrogen and oxygen atoms in total. The van der Waals surface area contributed by atoms with E-state index in [1.165, 1.54) is 4.90 Å². The molecule has 2 aromatic rings. The smallest absolute Gasteiger partial charge is 0.260 e. The minimum Gasteiger partial charge on any atom is -0.484 e. The number of rotatable bonds is 4. The Morgan fingerprint density at radius 2 is 1.54 bits per heavy atom. The molecule has 0 bridgehead atoms. The number of benzene rings is 2. The van der Waals surface area contributed by atoms with Gasteiger partial charge in [0.1, 0.15) is 17.4 Å². The van der Waals surface area contributed by atoms with Crippen molar-refractivity contribution in [1.29, 1.82) is 0 Å². The van der Waals surface area contributed by atoms with Gasteiger partial charge < -0.3 is 14.5 Å². The van der Waals surface area contributed by atoms with Gasteiger partial charge in [-0.2, -0.15) is 0 Å². The van der Waals surface area contributed by atoms with E-state index in [1.807, 2.05) is 32.0 Å². The molecule has 0 atom stereocenters. The predicted octanol–water partition coefficient (Wildman–Crippen LogP) is 2.95. The SMILES string of the molecule is Cc1cc(C)cc(OCC(=O)N2CCN(C(=O)c3cc(F)ccc3F)CC2)c1. The number of carbonyl (C=O) groups excluding carboxylic acids is 2. The number of amides is 2. The van der Waals surface area contributed by atoms with E-state index in [-0.39, 0.29) is 31.2 Å². The highest BCUT2D eigenvalue weighted by molar-refractivity contribution is 5.94. The molecular weight excluding hydrogens is 366 g/mol. The van der Waals surface area contributed by atoms with Crippen LogP contribution in [-0.4, -0.2) is 54.4 Å². The highest BCUT2D eigenvalue weighted by atomic mass is 19.1. The van der Waals surface area contributed by atoms with Crippen LogP contribution in [0.3, 0.4) is 0 Å². The molecule has 2 amide bonds. The fraction of sp³-hybridized carbons (Fsp3) is 0.333. The van der Waals surface area contributed by atoms with Crippen LogP contribution in [0.15, 0.2) is 36.4 Å². The Kier molecular flexibility index (Phi) is 5.92. The fourth-order valence-corrected chi connectivity index (χ4v) is 3.24. The Morgan fingerprint density at radius 3 is 2.18 bits per heavy atom. The van der Waals surface area contributed by atoms with Gasteiger partial charge in [-0.25, -0.2) is 8.78 Å². The van der Waals surface area contributed by atoms with E-state index in [2.05, 4.69) is 0 Å². The van der Waals surface area contributed by atoms with E-state index >= 15 is 0 Å². The standard InChI is InChI=1S/C21H22F2N2O3/c1-14-9-15(2)11-17(10-14)28-13-20(26)24-5-7-25(8-6-24)21(27)18-12-16(22)3-4-19(18)23/h3-4,9-12H,5-8,13H2,1-2H3. The van der Waals surface area contributed by atoms with Crippen molar-refractivity contribution in [1.82, 2.24) is 9.80 Å². The number of halogens is 2. The first-order chi connectivity index (χ1) is 13.3. The Hall–Kier alpha value is -2.96. The summed E-state index contributed by atoms with van der Waals surface area (Å²) in [6.07, 6.45) is 0. The maximum absolute atomic E-state index is 13.8. The van der Waals surface area contributed by atoms with Gasteiger partial charge in [-0.1, -0.05) is 6.07 Å². The summed E-state index contributed by atoms with van der Waals surface area (Å²) in [7, 11) is 0. The van der Waals surface area contributed by atoms with Crippen LogP contribution in [0.25, 0.3) is 0 Å². The van der Waals surface area contributed by atoms with Crippen LogP contribution < -0.4 is 4.74 Å². The molecule has 0 unspecified atom stereocenters. The fourth-order valence-electron chi connectivity index (χ4n) is 3.24. The minimum absolute atomic E-state index is 0.0879. The number of aryl methyl sites for hydroxylation is 2. The van der Waals surface area contributed by atoms with E-state index in [1.54, 1.807) is 4.90 Å². The number of hydrogen-bond acceptors (Lipinski definition) is 3. The zero-order valence-corrected chi connectivity index (χ0v) is 15.9. The lowest BCUT2D eigenvalue weighted by Gasteiger charge is -2.34. The first-order valence-corrected chi connectivity index (χ1v) is 9.06. The van der Waals surface area contributed by atoms with Gasteiger partial charge >= 0.3 is 0 Å². The summed E-state index contributed by atoms with van der Waals surface area (Å²) in [6, 6.07) is 8.55. The van der Waals surface area contributed by atoms with Crippen molar-refractivity contribution in [3.63, 3.8) is 0 Å². The quantitative estimate of drug-likeness (QED) is 0.809. The van der Waals surface area contributed by atoms with Crippen molar-refractivity contribution >= 4 is 11.8 Å². The van der Waals surface area contributed by atoms with Crippen LogP contribution in [0.4, 0.5) is 8.78 Å². The van der Waals surface area contributed by atoms with Gasteiger partial charge in [0.2, 0.25) is 0 Å². The molecule has 1 heterocycles. The molecule has 148 valence electrons. The summed E-state index contributed by atoms with van der Waals surface area (Å²) in [4.78, 5) is 27.8. The predicted molar refractivity (Wildman–Crippen MR) is 100 cm³/mol. The van der Waals surface area contributed by atoms with Crippen molar-refractivity contribution in [2.24, 2.45) is 0 Å². The van der Waals surface area contributed by atoms with E-state index < -0.39 is 17.5 Å². The summed E-state index contributed by atoms with van der Waals surface area (Å²) >= 11 is 0. The van der Waals surface area contributed by atoms with Crippen LogP contribution in [0.2, 0.25) is 0 Å². The maximum atomic E-state index is 13.8. The van der Waals surface area contributed by atoms with Gasteiger partial charge in [0.05, 0.1) is 5.56 Å². The Bertz CT molecular complexity index is 873. The average Bonchev–Trinajstić information content (AvgIpc) is 2.67. The second-order valence-corrected chi connectivity index (χ2v) is 6.91. The van der Waals surface area contributed by atoms with Crippen molar-refractivity contribution in [3.8, 4) is 5.75 Å². The molecular formula is C21H22F2N2O3. The van der Waals surface area contributed by atoms with E-state index in [4.69, 9.17) is 4.74 Å². The molecule has 28 heavy (non-hydrogen) atoms. The molecule has 2 aromatic carbocycles. The Labute approximate surface area is 162 Å². The van der Waals surface area contributed by atoms with Gasteiger partial charge in [0.15, 0.2) is 6.61 Å². The van der Waals surface area contributed by atoms with Gasteiger partial charge in [-0.3, -0.25) is 9.59 Å². The van der Waals surface area contributed by atoms with Crippen LogP contribution >= 0.6 is 0 Å². The van der Waals surface area contributed by atoms with Crippen LogP contribution in [-0.2, 0) is 4.79 Å². The number of carbonyl (C=O) groups is 2. The molecule has 0 aromatic heterocycles. The molecule has 0 aliphatic carbocycles. The number of nitrogens with zero attached hydrogens (tertiary/aromatic N) is 2. The Morgan fingerprint density at radius 1 is 0.929 bits per heavy atom. The van der Waals surface area contributed by atoms with Crippen LogP contribution in [0.5, 0.6) is 5.75 Å². The molecule has 7 heteroatoms. The maximum Gasteiger partial charge on any atom is 0.260 e. The summed E-state index contributed by atoms with van der Waals surface area (Å²) < 4.78 is 32.7. The van der Waals surface area contributed by atoms with Crippen molar-refractivity contribution in [2.75, 3.05) is 32.8 Å². The van der Waals surface area contributed by atoms with E-state index in [0.29, 0.717) is 18.8 Å². The molecule has 0 spiro atoms. The summed E-state index contributed by atoms with van der Waals surface area (Å²) in [5, 5.41) is 0. The number of ether oxygens (including phenoxy) is 1. The number of hydrogen-bond donors (Lipinski definition) is 0. The molecule has 3 rings (SSSR count). The topological polar surface area (TPSA) is 49.9 Å². The largest absolute Gasteiger partial charge is 0.484 e. The first kappa shape index (κ1) is 19.8.